The molecule has 0 amide bonds. The minimum Gasteiger partial charge on any atom is -0.370 e. The second kappa shape index (κ2) is 8.81. The highest BCUT2D eigenvalue weighted by atomic mass is 127. The molecule has 0 saturated carbocycles. The Kier molecular flexibility index (Phi) is 7.79. The highest BCUT2D eigenvalue weighted by molar-refractivity contribution is 14.0. The molecular weight excluding hydrogens is 383 g/mol. The molecule has 1 aromatic heterocycles. The van der Waals surface area contributed by atoms with E-state index in [1.807, 2.05) is 6.92 Å². The van der Waals surface area contributed by atoms with Crippen LogP contribution in [0, 0.1) is 12.8 Å². The van der Waals surface area contributed by atoms with Crippen molar-refractivity contribution in [2.75, 3.05) is 19.6 Å². The minimum absolute atomic E-state index is 0. The third-order valence-electron chi connectivity index (χ3n) is 3.47. The summed E-state index contributed by atoms with van der Waals surface area (Å²) in [5.74, 6) is 1.46. The molecule has 1 atom stereocenters. The van der Waals surface area contributed by atoms with Crippen LogP contribution in [0.25, 0.3) is 0 Å². The van der Waals surface area contributed by atoms with Gasteiger partial charge in [0.15, 0.2) is 5.96 Å². The number of hydrogen-bond acceptors (Lipinski definition) is 3. The van der Waals surface area contributed by atoms with E-state index in [2.05, 4.69) is 27.2 Å². The molecule has 0 bridgehead atoms. The summed E-state index contributed by atoms with van der Waals surface area (Å²) >= 11 is 1.74. The average Bonchev–Trinajstić information content (AvgIpc) is 2.80. The van der Waals surface area contributed by atoms with E-state index < -0.39 is 0 Å². The van der Waals surface area contributed by atoms with Gasteiger partial charge >= 0.3 is 0 Å². The van der Waals surface area contributed by atoms with Crippen molar-refractivity contribution in [2.45, 2.75) is 39.5 Å². The minimum atomic E-state index is 0. The van der Waals surface area contributed by atoms with Crippen LogP contribution in [0.2, 0.25) is 0 Å². The van der Waals surface area contributed by atoms with Crippen molar-refractivity contribution in [3.63, 3.8) is 0 Å². The van der Waals surface area contributed by atoms with Crippen LogP contribution in [-0.2, 0) is 6.42 Å². The van der Waals surface area contributed by atoms with Gasteiger partial charge in [-0.05, 0) is 32.1 Å². The van der Waals surface area contributed by atoms with Crippen molar-refractivity contribution in [3.8, 4) is 0 Å². The smallest absolute Gasteiger partial charge is 0.191 e. The lowest BCUT2D eigenvalue weighted by molar-refractivity contribution is 0.270. The number of likely N-dealkylation sites (tertiary alicyclic amines) is 1. The fourth-order valence-electron chi connectivity index (χ4n) is 2.44. The van der Waals surface area contributed by atoms with Crippen molar-refractivity contribution >= 4 is 41.3 Å². The number of rotatable bonds is 4. The van der Waals surface area contributed by atoms with Crippen LogP contribution in [0.1, 0.15) is 36.9 Å². The Labute approximate surface area is 142 Å². The largest absolute Gasteiger partial charge is 0.370 e. The van der Waals surface area contributed by atoms with Gasteiger partial charge in [-0.15, -0.1) is 35.3 Å². The first-order chi connectivity index (χ1) is 9.15. The van der Waals surface area contributed by atoms with Gasteiger partial charge < -0.3 is 10.6 Å². The Morgan fingerprint density at radius 1 is 1.60 bits per heavy atom. The van der Waals surface area contributed by atoms with Crippen molar-refractivity contribution in [2.24, 2.45) is 16.6 Å². The van der Waals surface area contributed by atoms with Crippen LogP contribution in [0.3, 0.4) is 0 Å². The molecule has 20 heavy (non-hydrogen) atoms. The lowest BCUT2D eigenvalue weighted by Crippen LogP contribution is -2.43. The lowest BCUT2D eigenvalue weighted by Gasteiger charge is -2.31. The molecule has 2 rings (SSSR count). The fourth-order valence-corrected chi connectivity index (χ4v) is 3.26. The molecule has 1 unspecified atom stereocenters. The number of aromatic nitrogens is 1. The van der Waals surface area contributed by atoms with Gasteiger partial charge in [-0.2, -0.15) is 0 Å². The molecule has 2 heterocycles. The van der Waals surface area contributed by atoms with Gasteiger partial charge in [-0.1, -0.05) is 6.92 Å². The third-order valence-corrected chi connectivity index (χ3v) is 4.50. The van der Waals surface area contributed by atoms with Gasteiger partial charge in [0.05, 0.1) is 5.01 Å². The number of thiazole rings is 1. The summed E-state index contributed by atoms with van der Waals surface area (Å²) in [6.45, 7) is 7.24. The van der Waals surface area contributed by atoms with Crippen LogP contribution >= 0.6 is 35.3 Å². The second-order valence-electron chi connectivity index (χ2n) is 5.42. The molecule has 6 heteroatoms. The number of nitrogens with two attached hydrogens (primary N) is 1. The van der Waals surface area contributed by atoms with E-state index in [0.29, 0.717) is 0 Å². The zero-order valence-electron chi connectivity index (χ0n) is 12.3. The van der Waals surface area contributed by atoms with Gasteiger partial charge in [0, 0.05) is 37.1 Å². The summed E-state index contributed by atoms with van der Waals surface area (Å²) in [6.07, 6.45) is 4.58. The molecule has 0 aromatic carbocycles. The maximum atomic E-state index is 6.06. The predicted molar refractivity (Wildman–Crippen MR) is 97.0 cm³/mol. The molecule has 114 valence electrons. The number of guanidine groups is 1. The normalized spacial score (nSPS) is 19.8. The Hall–Kier alpha value is -0.370. The lowest BCUT2D eigenvalue weighted by atomic mass is 10.0. The number of aryl methyl sites for hydroxylation is 2. The molecule has 4 nitrogen and oxygen atoms in total. The Balaban J connectivity index is 0.00000200. The maximum absolute atomic E-state index is 6.06. The maximum Gasteiger partial charge on any atom is 0.191 e. The topological polar surface area (TPSA) is 54.5 Å². The van der Waals surface area contributed by atoms with Gasteiger partial charge in [-0.3, -0.25) is 4.99 Å². The average molecular weight is 408 g/mol. The van der Waals surface area contributed by atoms with Gasteiger partial charge in [0.2, 0.25) is 0 Å². The van der Waals surface area contributed by atoms with Crippen LogP contribution in [-0.4, -0.2) is 35.5 Å². The van der Waals surface area contributed by atoms with E-state index in [0.717, 1.165) is 50.0 Å². The number of halogens is 1. The Morgan fingerprint density at radius 3 is 3.05 bits per heavy atom. The van der Waals surface area contributed by atoms with Crippen molar-refractivity contribution in [1.82, 2.24) is 9.88 Å². The van der Waals surface area contributed by atoms with Gasteiger partial charge in [0.25, 0.3) is 0 Å². The molecule has 0 radical (unpaired) electrons. The first-order valence-corrected chi connectivity index (χ1v) is 7.99. The second-order valence-corrected chi connectivity index (χ2v) is 6.36. The first kappa shape index (κ1) is 17.7. The number of piperidine rings is 1. The van der Waals surface area contributed by atoms with E-state index in [9.17, 15) is 0 Å². The van der Waals surface area contributed by atoms with Crippen LogP contribution in [0.5, 0.6) is 0 Å². The van der Waals surface area contributed by atoms with Crippen molar-refractivity contribution in [3.05, 3.63) is 16.1 Å². The summed E-state index contributed by atoms with van der Waals surface area (Å²) in [5, 5.41) is 3.31. The Bertz CT molecular complexity index is 433. The van der Waals surface area contributed by atoms with E-state index >= 15 is 0 Å². The van der Waals surface area contributed by atoms with Crippen molar-refractivity contribution in [1.29, 1.82) is 0 Å². The standard InChI is InChI=1S/C14H24N4S.HI/c1-11-5-4-8-18(9-11)14(15)16-7-3-6-13-17-12(2)10-19-13;/h10-11H,3-9H2,1-2H3,(H2,15,16);1H. The molecular formula is C14H25IN4S. The van der Waals surface area contributed by atoms with E-state index in [1.165, 1.54) is 17.8 Å². The summed E-state index contributed by atoms with van der Waals surface area (Å²) < 4.78 is 0. The summed E-state index contributed by atoms with van der Waals surface area (Å²) in [7, 11) is 0. The summed E-state index contributed by atoms with van der Waals surface area (Å²) in [5.41, 5.74) is 7.17. The van der Waals surface area contributed by atoms with Crippen LogP contribution < -0.4 is 5.73 Å². The molecule has 1 aliphatic heterocycles. The van der Waals surface area contributed by atoms with Crippen LogP contribution in [0.15, 0.2) is 10.4 Å². The quantitative estimate of drug-likeness (QED) is 0.361. The van der Waals surface area contributed by atoms with E-state index in [-0.39, 0.29) is 24.0 Å². The molecule has 1 fully saturated rings. The SMILES string of the molecule is Cc1csc(CCCN=C(N)N2CCCC(C)C2)n1.I. The summed E-state index contributed by atoms with van der Waals surface area (Å²) in [4.78, 5) is 11.2. The monoisotopic (exact) mass is 408 g/mol. The molecule has 2 N–H and O–H groups in total. The molecule has 0 spiro atoms. The number of nitrogens with zero attached hydrogens (tertiary/aromatic N) is 3. The van der Waals surface area contributed by atoms with Crippen molar-refractivity contribution < 1.29 is 0 Å². The number of hydrogen-bond donors (Lipinski definition) is 1. The molecule has 1 aliphatic rings. The molecule has 1 aromatic rings. The van der Waals surface area contributed by atoms with Crippen LogP contribution in [0.4, 0.5) is 0 Å². The summed E-state index contributed by atoms with van der Waals surface area (Å²) in [6, 6.07) is 0. The zero-order chi connectivity index (χ0) is 13.7. The zero-order valence-corrected chi connectivity index (χ0v) is 15.5. The molecule has 1 saturated heterocycles. The number of aliphatic imine (C=N–C) groups is 1. The highest BCUT2D eigenvalue weighted by Crippen LogP contribution is 2.15. The highest BCUT2D eigenvalue weighted by Gasteiger charge is 2.17. The van der Waals surface area contributed by atoms with Gasteiger partial charge in [0.1, 0.15) is 0 Å². The Morgan fingerprint density at radius 2 is 2.40 bits per heavy atom. The fraction of sp³-hybridized carbons (Fsp3) is 0.714. The molecule has 0 aliphatic carbocycles. The van der Waals surface area contributed by atoms with E-state index in [4.69, 9.17) is 5.73 Å². The van der Waals surface area contributed by atoms with E-state index in [1.54, 1.807) is 11.3 Å². The predicted octanol–water partition coefficient (Wildman–Crippen LogP) is 3.05. The third kappa shape index (κ3) is 5.55. The first-order valence-electron chi connectivity index (χ1n) is 7.11. The van der Waals surface area contributed by atoms with Gasteiger partial charge in [-0.25, -0.2) is 4.98 Å².